The Hall–Kier alpha value is -1.59. The SMILES string of the molecule is O=C(O)c1ccc(Cl)nc1OCc1ccc(Br)cc1. The van der Waals surface area contributed by atoms with Gasteiger partial charge in [0.25, 0.3) is 0 Å². The van der Waals surface area contributed by atoms with Crippen molar-refractivity contribution in [1.29, 1.82) is 0 Å². The molecular formula is C13H9BrClNO3. The van der Waals surface area contributed by atoms with E-state index >= 15 is 0 Å². The first-order valence-corrected chi connectivity index (χ1v) is 6.50. The van der Waals surface area contributed by atoms with Gasteiger partial charge in [-0.2, -0.15) is 0 Å². The van der Waals surface area contributed by atoms with Gasteiger partial charge < -0.3 is 9.84 Å². The van der Waals surface area contributed by atoms with Gasteiger partial charge in [0.1, 0.15) is 17.3 Å². The summed E-state index contributed by atoms with van der Waals surface area (Å²) >= 11 is 9.07. The van der Waals surface area contributed by atoms with Crippen molar-refractivity contribution in [1.82, 2.24) is 4.98 Å². The lowest BCUT2D eigenvalue weighted by atomic mass is 10.2. The number of aromatic carboxylic acids is 1. The number of ether oxygens (including phenoxy) is 1. The standard InChI is InChI=1S/C13H9BrClNO3/c14-9-3-1-8(2-4-9)7-19-12-10(13(17)18)5-6-11(15)16-12/h1-6H,7H2,(H,17,18). The van der Waals surface area contributed by atoms with Crippen LogP contribution in [0.3, 0.4) is 0 Å². The summed E-state index contributed by atoms with van der Waals surface area (Å²) in [6.07, 6.45) is 0. The van der Waals surface area contributed by atoms with Crippen LogP contribution in [0.1, 0.15) is 15.9 Å². The molecule has 0 saturated carbocycles. The molecule has 0 aliphatic carbocycles. The van der Waals surface area contributed by atoms with Crippen molar-refractivity contribution >= 4 is 33.5 Å². The minimum Gasteiger partial charge on any atom is -0.477 e. The highest BCUT2D eigenvalue weighted by Crippen LogP contribution is 2.20. The van der Waals surface area contributed by atoms with Crippen molar-refractivity contribution in [2.45, 2.75) is 6.61 Å². The predicted molar refractivity (Wildman–Crippen MR) is 74.7 cm³/mol. The second-order valence-electron chi connectivity index (χ2n) is 3.71. The summed E-state index contributed by atoms with van der Waals surface area (Å²) < 4.78 is 6.37. The van der Waals surface area contributed by atoms with Gasteiger partial charge >= 0.3 is 5.97 Å². The maximum absolute atomic E-state index is 11.0. The van der Waals surface area contributed by atoms with Crippen LogP contribution in [0.15, 0.2) is 40.9 Å². The number of hydrogen-bond donors (Lipinski definition) is 1. The third-order valence-electron chi connectivity index (χ3n) is 2.35. The molecule has 0 atom stereocenters. The van der Waals surface area contributed by atoms with E-state index in [0.29, 0.717) is 0 Å². The molecule has 98 valence electrons. The van der Waals surface area contributed by atoms with Crippen molar-refractivity contribution in [3.8, 4) is 5.88 Å². The van der Waals surface area contributed by atoms with Gasteiger partial charge in [-0.25, -0.2) is 9.78 Å². The smallest absolute Gasteiger partial charge is 0.341 e. The van der Waals surface area contributed by atoms with Crippen LogP contribution in [-0.2, 0) is 6.61 Å². The molecule has 1 N–H and O–H groups in total. The normalized spacial score (nSPS) is 10.2. The van der Waals surface area contributed by atoms with E-state index in [0.717, 1.165) is 10.0 Å². The summed E-state index contributed by atoms with van der Waals surface area (Å²) in [4.78, 5) is 14.9. The average molecular weight is 343 g/mol. The largest absolute Gasteiger partial charge is 0.477 e. The number of carbonyl (C=O) groups is 1. The fraction of sp³-hybridized carbons (Fsp3) is 0.0769. The summed E-state index contributed by atoms with van der Waals surface area (Å²) in [5.41, 5.74) is 0.892. The molecule has 1 aromatic carbocycles. The molecule has 2 rings (SSSR count). The van der Waals surface area contributed by atoms with E-state index in [1.807, 2.05) is 24.3 Å². The highest BCUT2D eigenvalue weighted by Gasteiger charge is 2.13. The zero-order chi connectivity index (χ0) is 13.8. The van der Waals surface area contributed by atoms with Crippen molar-refractivity contribution in [3.63, 3.8) is 0 Å². The summed E-state index contributed by atoms with van der Waals surface area (Å²) in [6, 6.07) is 10.3. The van der Waals surface area contributed by atoms with Crippen molar-refractivity contribution in [2.24, 2.45) is 0 Å². The van der Waals surface area contributed by atoms with Crippen LogP contribution in [0.25, 0.3) is 0 Å². The molecule has 0 saturated heterocycles. The van der Waals surface area contributed by atoms with Gasteiger partial charge in [0, 0.05) is 4.47 Å². The molecule has 1 heterocycles. The van der Waals surface area contributed by atoms with Crippen LogP contribution >= 0.6 is 27.5 Å². The lowest BCUT2D eigenvalue weighted by Gasteiger charge is -2.08. The minimum atomic E-state index is -1.10. The number of benzene rings is 1. The summed E-state index contributed by atoms with van der Waals surface area (Å²) in [5.74, 6) is -1.09. The molecule has 4 nitrogen and oxygen atoms in total. The highest BCUT2D eigenvalue weighted by molar-refractivity contribution is 9.10. The molecule has 0 unspecified atom stereocenters. The van der Waals surface area contributed by atoms with Gasteiger partial charge in [-0.1, -0.05) is 39.7 Å². The van der Waals surface area contributed by atoms with Crippen LogP contribution in [-0.4, -0.2) is 16.1 Å². The Balaban J connectivity index is 2.16. The van der Waals surface area contributed by atoms with Crippen LogP contribution in [0.5, 0.6) is 5.88 Å². The molecule has 19 heavy (non-hydrogen) atoms. The Morgan fingerprint density at radius 2 is 1.95 bits per heavy atom. The minimum absolute atomic E-state index is 0.0125. The van der Waals surface area contributed by atoms with E-state index in [2.05, 4.69) is 20.9 Å². The van der Waals surface area contributed by atoms with Crippen LogP contribution in [0.2, 0.25) is 5.15 Å². The number of rotatable bonds is 4. The van der Waals surface area contributed by atoms with Gasteiger partial charge in [0.05, 0.1) is 0 Å². The third kappa shape index (κ3) is 3.68. The second-order valence-corrected chi connectivity index (χ2v) is 5.01. The molecule has 1 aromatic heterocycles. The molecule has 0 aliphatic heterocycles. The Labute approximate surface area is 123 Å². The molecule has 0 amide bonds. The van der Waals surface area contributed by atoms with E-state index in [1.54, 1.807) is 0 Å². The van der Waals surface area contributed by atoms with Crippen molar-refractivity contribution in [3.05, 3.63) is 57.2 Å². The number of hydrogen-bond acceptors (Lipinski definition) is 3. The summed E-state index contributed by atoms with van der Waals surface area (Å²) in [5, 5.41) is 9.21. The Bertz CT molecular complexity index is 601. The zero-order valence-electron chi connectivity index (χ0n) is 9.64. The van der Waals surface area contributed by atoms with E-state index < -0.39 is 5.97 Å². The molecule has 6 heteroatoms. The number of carboxylic acid groups (broad SMARTS) is 1. The quantitative estimate of drug-likeness (QED) is 0.859. The zero-order valence-corrected chi connectivity index (χ0v) is 12.0. The Kier molecular flexibility index (Phi) is 4.39. The number of nitrogens with zero attached hydrogens (tertiary/aromatic N) is 1. The lowest BCUT2D eigenvalue weighted by molar-refractivity contribution is 0.0690. The number of halogens is 2. The molecular weight excluding hydrogens is 334 g/mol. The average Bonchev–Trinajstić information content (AvgIpc) is 2.38. The Morgan fingerprint density at radius 1 is 1.26 bits per heavy atom. The third-order valence-corrected chi connectivity index (χ3v) is 3.08. The van der Waals surface area contributed by atoms with Crippen LogP contribution < -0.4 is 4.74 Å². The molecule has 0 fully saturated rings. The van der Waals surface area contributed by atoms with Gasteiger partial charge in [-0.15, -0.1) is 0 Å². The van der Waals surface area contributed by atoms with E-state index in [4.69, 9.17) is 21.4 Å². The maximum Gasteiger partial charge on any atom is 0.341 e. The van der Waals surface area contributed by atoms with E-state index in [-0.39, 0.29) is 23.2 Å². The van der Waals surface area contributed by atoms with Gasteiger partial charge in [0.15, 0.2) is 0 Å². The fourth-order valence-electron chi connectivity index (χ4n) is 1.42. The van der Waals surface area contributed by atoms with Gasteiger partial charge in [-0.05, 0) is 29.8 Å². The maximum atomic E-state index is 11.0. The Morgan fingerprint density at radius 3 is 2.58 bits per heavy atom. The van der Waals surface area contributed by atoms with Crippen LogP contribution in [0.4, 0.5) is 0 Å². The lowest BCUT2D eigenvalue weighted by Crippen LogP contribution is -2.05. The molecule has 0 aliphatic rings. The van der Waals surface area contributed by atoms with Gasteiger partial charge in [0.2, 0.25) is 5.88 Å². The number of carboxylic acids is 1. The van der Waals surface area contributed by atoms with Crippen molar-refractivity contribution < 1.29 is 14.6 Å². The first-order valence-electron chi connectivity index (χ1n) is 5.33. The van der Waals surface area contributed by atoms with Crippen LogP contribution in [0, 0.1) is 0 Å². The first kappa shape index (κ1) is 13.8. The monoisotopic (exact) mass is 341 g/mol. The molecule has 0 radical (unpaired) electrons. The van der Waals surface area contributed by atoms with Crippen molar-refractivity contribution in [2.75, 3.05) is 0 Å². The molecule has 0 spiro atoms. The second kappa shape index (κ2) is 6.04. The number of aromatic nitrogens is 1. The predicted octanol–water partition coefficient (Wildman–Crippen LogP) is 3.77. The molecule has 2 aromatic rings. The highest BCUT2D eigenvalue weighted by atomic mass is 79.9. The topological polar surface area (TPSA) is 59.4 Å². The fourth-order valence-corrected chi connectivity index (χ4v) is 1.83. The van der Waals surface area contributed by atoms with E-state index in [9.17, 15) is 4.79 Å². The number of pyridine rings is 1. The first-order chi connectivity index (χ1) is 9.06. The van der Waals surface area contributed by atoms with E-state index in [1.165, 1.54) is 12.1 Å². The summed E-state index contributed by atoms with van der Waals surface area (Å²) in [6.45, 7) is 0.223. The van der Waals surface area contributed by atoms with Gasteiger partial charge in [-0.3, -0.25) is 0 Å². The molecule has 0 bridgehead atoms. The summed E-state index contributed by atoms with van der Waals surface area (Å²) in [7, 11) is 0.